The van der Waals surface area contributed by atoms with Gasteiger partial charge >= 0.3 is 5.97 Å². The molecular formula is C12H11NO4. The van der Waals surface area contributed by atoms with Crippen molar-refractivity contribution in [2.75, 3.05) is 0 Å². The third-order valence-electron chi connectivity index (χ3n) is 1.99. The summed E-state index contributed by atoms with van der Waals surface area (Å²) in [5, 5.41) is 10.4. The first-order valence-corrected chi connectivity index (χ1v) is 4.79. The molecule has 0 amide bonds. The molecule has 0 aromatic heterocycles. The summed E-state index contributed by atoms with van der Waals surface area (Å²) in [4.78, 5) is 21.3. The topological polar surface area (TPSA) is 69.4 Å². The number of hydrogen-bond donors (Lipinski definition) is 0. The number of rotatable bonds is 4. The number of carbonyl (C=O) groups excluding carboxylic acids is 1. The predicted molar refractivity (Wildman–Crippen MR) is 62.5 cm³/mol. The summed E-state index contributed by atoms with van der Waals surface area (Å²) >= 11 is 0. The molecule has 1 aromatic carbocycles. The summed E-state index contributed by atoms with van der Waals surface area (Å²) in [6.07, 6.45) is 2.82. The van der Waals surface area contributed by atoms with Gasteiger partial charge in [-0.1, -0.05) is 12.7 Å². The number of benzene rings is 1. The number of nitro groups is 1. The van der Waals surface area contributed by atoms with E-state index in [9.17, 15) is 14.9 Å². The standard InChI is InChI=1S/C12H11NO4/c1-3-9(2)8-17-12(14)10-4-6-11(7-5-10)13(15)16/h3-8H,1H2,2H3/b9-8-. The molecule has 1 aromatic rings. The van der Waals surface area contributed by atoms with E-state index in [1.165, 1.54) is 30.5 Å². The van der Waals surface area contributed by atoms with E-state index in [0.717, 1.165) is 0 Å². The van der Waals surface area contributed by atoms with Gasteiger partial charge in [0.25, 0.3) is 5.69 Å². The minimum atomic E-state index is -0.568. The van der Waals surface area contributed by atoms with Crippen molar-refractivity contribution in [1.82, 2.24) is 0 Å². The highest BCUT2D eigenvalue weighted by Gasteiger charge is 2.09. The van der Waals surface area contributed by atoms with Crippen LogP contribution in [0, 0.1) is 10.1 Å². The lowest BCUT2D eigenvalue weighted by molar-refractivity contribution is -0.384. The van der Waals surface area contributed by atoms with E-state index >= 15 is 0 Å². The molecule has 5 nitrogen and oxygen atoms in total. The van der Waals surface area contributed by atoms with Crippen molar-refractivity contribution >= 4 is 11.7 Å². The van der Waals surface area contributed by atoms with Crippen LogP contribution in [0.4, 0.5) is 5.69 Å². The number of nitrogens with zero attached hydrogens (tertiary/aromatic N) is 1. The van der Waals surface area contributed by atoms with Gasteiger partial charge in [0.1, 0.15) is 0 Å². The second-order valence-corrected chi connectivity index (χ2v) is 3.28. The molecule has 17 heavy (non-hydrogen) atoms. The van der Waals surface area contributed by atoms with Crippen molar-refractivity contribution in [2.24, 2.45) is 0 Å². The number of carbonyl (C=O) groups is 1. The van der Waals surface area contributed by atoms with Gasteiger partial charge in [-0.25, -0.2) is 4.79 Å². The lowest BCUT2D eigenvalue weighted by Crippen LogP contribution is -2.01. The Morgan fingerprint density at radius 1 is 1.41 bits per heavy atom. The van der Waals surface area contributed by atoms with Crippen LogP contribution in [0.5, 0.6) is 0 Å². The Morgan fingerprint density at radius 3 is 2.47 bits per heavy atom. The third-order valence-corrected chi connectivity index (χ3v) is 1.99. The fraction of sp³-hybridized carbons (Fsp3) is 0.0833. The van der Waals surface area contributed by atoms with Crippen molar-refractivity contribution in [3.8, 4) is 0 Å². The SMILES string of the molecule is C=C/C(C)=C\OC(=O)c1ccc([N+](=O)[O-])cc1. The Labute approximate surface area is 98.2 Å². The molecule has 0 aliphatic carbocycles. The van der Waals surface area contributed by atoms with Gasteiger partial charge in [0.2, 0.25) is 0 Å². The van der Waals surface area contributed by atoms with Crippen LogP contribution < -0.4 is 0 Å². The molecule has 1 rings (SSSR count). The summed E-state index contributed by atoms with van der Waals surface area (Å²) in [6.45, 7) is 5.24. The zero-order valence-corrected chi connectivity index (χ0v) is 9.25. The fourth-order valence-electron chi connectivity index (χ4n) is 0.982. The Kier molecular flexibility index (Phi) is 4.16. The van der Waals surface area contributed by atoms with Crippen LogP contribution in [0.3, 0.4) is 0 Å². The highest BCUT2D eigenvalue weighted by atomic mass is 16.6. The van der Waals surface area contributed by atoms with Gasteiger partial charge in [-0.3, -0.25) is 10.1 Å². The second-order valence-electron chi connectivity index (χ2n) is 3.28. The van der Waals surface area contributed by atoms with Gasteiger partial charge in [-0.05, 0) is 24.6 Å². The lowest BCUT2D eigenvalue weighted by atomic mass is 10.2. The molecule has 0 bridgehead atoms. The van der Waals surface area contributed by atoms with E-state index in [1.807, 2.05) is 0 Å². The first-order valence-electron chi connectivity index (χ1n) is 4.79. The Hall–Kier alpha value is -2.43. The molecule has 0 spiro atoms. The first-order chi connectivity index (χ1) is 8.04. The van der Waals surface area contributed by atoms with E-state index < -0.39 is 10.9 Å². The quantitative estimate of drug-likeness (QED) is 0.263. The Balaban J connectivity index is 2.77. The predicted octanol–water partition coefficient (Wildman–Crippen LogP) is 2.84. The molecule has 0 unspecified atom stereocenters. The van der Waals surface area contributed by atoms with Gasteiger partial charge in [-0.2, -0.15) is 0 Å². The molecule has 5 heteroatoms. The van der Waals surface area contributed by atoms with Crippen LogP contribution in [0.2, 0.25) is 0 Å². The molecule has 0 N–H and O–H groups in total. The summed E-state index contributed by atoms with van der Waals surface area (Å²) in [6, 6.07) is 5.19. The normalized spacial score (nSPS) is 10.8. The summed E-state index contributed by atoms with van der Waals surface area (Å²) in [5.74, 6) is -0.568. The molecule has 0 saturated carbocycles. The van der Waals surface area contributed by atoms with Gasteiger partial charge in [0.15, 0.2) is 0 Å². The maximum atomic E-state index is 11.5. The maximum absolute atomic E-state index is 11.5. The largest absolute Gasteiger partial charge is 0.431 e. The minimum absolute atomic E-state index is 0.0700. The van der Waals surface area contributed by atoms with Crippen molar-refractivity contribution in [1.29, 1.82) is 0 Å². The number of hydrogen-bond acceptors (Lipinski definition) is 4. The van der Waals surface area contributed by atoms with E-state index in [4.69, 9.17) is 4.74 Å². The van der Waals surface area contributed by atoms with Gasteiger partial charge in [0.05, 0.1) is 16.7 Å². The van der Waals surface area contributed by atoms with E-state index in [0.29, 0.717) is 5.57 Å². The van der Waals surface area contributed by atoms with Crippen molar-refractivity contribution in [2.45, 2.75) is 6.92 Å². The molecule has 0 atom stereocenters. The molecule has 0 radical (unpaired) electrons. The number of nitro benzene ring substituents is 1. The number of ether oxygens (including phenoxy) is 1. The van der Waals surface area contributed by atoms with E-state index in [1.54, 1.807) is 13.0 Å². The summed E-state index contributed by atoms with van der Waals surface area (Å²) in [5.41, 5.74) is 0.892. The van der Waals surface area contributed by atoms with Crippen LogP contribution in [-0.4, -0.2) is 10.9 Å². The lowest BCUT2D eigenvalue weighted by Gasteiger charge is -1.99. The monoisotopic (exact) mass is 233 g/mol. The van der Waals surface area contributed by atoms with Crippen LogP contribution in [0.1, 0.15) is 17.3 Å². The van der Waals surface area contributed by atoms with E-state index in [2.05, 4.69) is 6.58 Å². The smallest absolute Gasteiger partial charge is 0.342 e. The Morgan fingerprint density at radius 2 is 2.00 bits per heavy atom. The molecule has 0 fully saturated rings. The highest BCUT2D eigenvalue weighted by molar-refractivity contribution is 5.90. The zero-order valence-electron chi connectivity index (χ0n) is 9.25. The van der Waals surface area contributed by atoms with Crippen LogP contribution in [-0.2, 0) is 4.74 Å². The molecule has 0 heterocycles. The van der Waals surface area contributed by atoms with Gasteiger partial charge in [-0.15, -0.1) is 0 Å². The van der Waals surface area contributed by atoms with Crippen LogP contribution >= 0.6 is 0 Å². The van der Waals surface area contributed by atoms with Crippen LogP contribution in [0.15, 0.2) is 48.8 Å². The maximum Gasteiger partial charge on any atom is 0.342 e. The molecule has 0 aliphatic heterocycles. The van der Waals surface area contributed by atoms with E-state index in [-0.39, 0.29) is 11.3 Å². The van der Waals surface area contributed by atoms with Crippen LogP contribution in [0.25, 0.3) is 0 Å². The van der Waals surface area contributed by atoms with Gasteiger partial charge < -0.3 is 4.74 Å². The molecule has 88 valence electrons. The summed E-state index contributed by atoms with van der Waals surface area (Å²) in [7, 11) is 0. The first kappa shape index (κ1) is 12.6. The fourth-order valence-corrected chi connectivity index (χ4v) is 0.982. The van der Waals surface area contributed by atoms with Crippen molar-refractivity contribution in [3.63, 3.8) is 0 Å². The average Bonchev–Trinajstić information content (AvgIpc) is 2.35. The Bertz CT molecular complexity index is 474. The highest BCUT2D eigenvalue weighted by Crippen LogP contribution is 2.12. The number of non-ortho nitro benzene ring substituents is 1. The zero-order chi connectivity index (χ0) is 12.8. The average molecular weight is 233 g/mol. The second kappa shape index (κ2) is 5.60. The third kappa shape index (κ3) is 3.57. The van der Waals surface area contributed by atoms with Crippen molar-refractivity contribution < 1.29 is 14.5 Å². The molecular weight excluding hydrogens is 222 g/mol. The number of esters is 1. The van der Waals surface area contributed by atoms with Gasteiger partial charge in [0, 0.05) is 12.1 Å². The minimum Gasteiger partial charge on any atom is -0.431 e. The summed E-state index contributed by atoms with van der Waals surface area (Å²) < 4.78 is 4.84. The molecule has 0 aliphatic rings. The number of allylic oxidation sites excluding steroid dienone is 2. The van der Waals surface area contributed by atoms with Crippen molar-refractivity contribution in [3.05, 3.63) is 64.4 Å². The molecule has 0 saturated heterocycles.